The van der Waals surface area contributed by atoms with E-state index in [1.807, 2.05) is 15.9 Å². The lowest BCUT2D eigenvalue weighted by Gasteiger charge is -2.25. The van der Waals surface area contributed by atoms with Gasteiger partial charge in [0, 0.05) is 30.8 Å². The fraction of sp³-hybridized carbons (Fsp3) is 0.565. The zero-order valence-electron chi connectivity index (χ0n) is 17.8. The summed E-state index contributed by atoms with van der Waals surface area (Å²) in [6.45, 7) is 9.01. The molecule has 0 saturated carbocycles. The van der Waals surface area contributed by atoms with Crippen LogP contribution in [0.1, 0.15) is 69.3 Å². The lowest BCUT2D eigenvalue weighted by atomic mass is 9.87. The summed E-state index contributed by atoms with van der Waals surface area (Å²) in [5.41, 5.74) is 4.90. The molecule has 156 valence electrons. The van der Waals surface area contributed by atoms with Gasteiger partial charge in [-0.2, -0.15) is 10.2 Å². The molecule has 29 heavy (non-hydrogen) atoms. The average molecular weight is 397 g/mol. The van der Waals surface area contributed by atoms with Crippen LogP contribution in [0.25, 0.3) is 5.69 Å². The summed E-state index contributed by atoms with van der Waals surface area (Å²) in [6.07, 6.45) is 6.45. The Bertz CT molecular complexity index is 845. The van der Waals surface area contributed by atoms with Crippen LogP contribution in [0.5, 0.6) is 0 Å². The van der Waals surface area contributed by atoms with Crippen molar-refractivity contribution < 1.29 is 9.63 Å². The molecule has 1 fully saturated rings. The van der Waals surface area contributed by atoms with Crippen LogP contribution in [0, 0.1) is 0 Å². The molecule has 0 spiro atoms. The summed E-state index contributed by atoms with van der Waals surface area (Å²) >= 11 is 0. The van der Waals surface area contributed by atoms with Gasteiger partial charge in [-0.1, -0.05) is 32.9 Å². The monoisotopic (exact) mass is 396 g/mol. The Hall–Kier alpha value is -2.18. The highest BCUT2D eigenvalue weighted by atomic mass is 16.7. The van der Waals surface area contributed by atoms with Gasteiger partial charge in [0.25, 0.3) is 0 Å². The van der Waals surface area contributed by atoms with E-state index in [9.17, 15) is 4.79 Å². The van der Waals surface area contributed by atoms with Crippen LogP contribution in [0.2, 0.25) is 0 Å². The molecule has 2 aliphatic rings. The van der Waals surface area contributed by atoms with Crippen molar-refractivity contribution >= 4 is 5.91 Å². The van der Waals surface area contributed by atoms with Crippen LogP contribution in [-0.2, 0) is 21.5 Å². The number of fused-ring (bicyclic) bond motifs is 1. The van der Waals surface area contributed by atoms with Gasteiger partial charge in [-0.05, 0) is 48.8 Å². The minimum absolute atomic E-state index is 0.0494. The largest absolute Gasteiger partial charge is 0.349 e. The van der Waals surface area contributed by atoms with Crippen LogP contribution in [0.15, 0.2) is 30.5 Å². The van der Waals surface area contributed by atoms with Crippen LogP contribution >= 0.6 is 0 Å². The number of carbonyl (C=O) groups excluding carboxylic acids is 1. The molecule has 1 saturated heterocycles. The van der Waals surface area contributed by atoms with Crippen LogP contribution in [0.3, 0.4) is 0 Å². The highest BCUT2D eigenvalue weighted by Crippen LogP contribution is 2.31. The van der Waals surface area contributed by atoms with Crippen molar-refractivity contribution in [3.63, 3.8) is 0 Å². The van der Waals surface area contributed by atoms with Crippen LogP contribution in [-0.4, -0.2) is 40.4 Å². The molecule has 1 N–H and O–H groups in total. The third-order valence-corrected chi connectivity index (χ3v) is 5.91. The van der Waals surface area contributed by atoms with Gasteiger partial charge in [-0.25, -0.2) is 4.68 Å². The quantitative estimate of drug-likeness (QED) is 0.837. The van der Waals surface area contributed by atoms with E-state index in [4.69, 9.17) is 4.84 Å². The van der Waals surface area contributed by atoms with E-state index in [1.165, 1.54) is 11.3 Å². The molecule has 1 aliphatic carbocycles. The summed E-state index contributed by atoms with van der Waals surface area (Å²) in [6, 6.07) is 8.71. The first-order valence-corrected chi connectivity index (χ1v) is 10.8. The number of rotatable bonds is 5. The zero-order valence-corrected chi connectivity index (χ0v) is 17.8. The van der Waals surface area contributed by atoms with Gasteiger partial charge in [0.2, 0.25) is 5.91 Å². The number of nitrogens with zero attached hydrogens (tertiary/aromatic N) is 3. The molecule has 1 aliphatic heterocycles. The highest BCUT2D eigenvalue weighted by Gasteiger charge is 2.26. The molecule has 6 heteroatoms. The van der Waals surface area contributed by atoms with Gasteiger partial charge in [-0.15, -0.1) is 0 Å². The van der Waals surface area contributed by atoms with E-state index in [-0.39, 0.29) is 17.4 Å². The Morgan fingerprint density at radius 2 is 2.03 bits per heavy atom. The summed E-state index contributed by atoms with van der Waals surface area (Å²) in [5, 5.41) is 9.78. The van der Waals surface area contributed by atoms with E-state index in [1.54, 1.807) is 0 Å². The topological polar surface area (TPSA) is 59.4 Å². The van der Waals surface area contributed by atoms with Crippen molar-refractivity contribution in [2.45, 2.75) is 64.3 Å². The Morgan fingerprint density at radius 1 is 1.24 bits per heavy atom. The minimum Gasteiger partial charge on any atom is -0.349 e. The van der Waals surface area contributed by atoms with Crippen molar-refractivity contribution in [1.29, 1.82) is 0 Å². The summed E-state index contributed by atoms with van der Waals surface area (Å²) in [7, 11) is 0. The maximum absolute atomic E-state index is 12.5. The number of nitrogens with one attached hydrogen (secondary N) is 1. The third-order valence-electron chi connectivity index (χ3n) is 5.91. The number of hydrogen-bond donors (Lipinski definition) is 1. The second kappa shape index (κ2) is 8.28. The van der Waals surface area contributed by atoms with Gasteiger partial charge >= 0.3 is 0 Å². The lowest BCUT2D eigenvalue weighted by molar-refractivity contribution is -0.131. The SMILES string of the molecule is CC(C)(C)c1ccc(-n2ncc3c2CCC[C@H]3NC(=O)CCN2CCCO2)cc1. The van der Waals surface area contributed by atoms with E-state index >= 15 is 0 Å². The van der Waals surface area contributed by atoms with Gasteiger partial charge in [0.05, 0.1) is 24.5 Å². The van der Waals surface area contributed by atoms with Crippen LogP contribution in [0.4, 0.5) is 0 Å². The Balaban J connectivity index is 1.45. The van der Waals surface area contributed by atoms with E-state index in [0.717, 1.165) is 50.1 Å². The van der Waals surface area contributed by atoms with Crippen molar-refractivity contribution in [2.75, 3.05) is 19.7 Å². The normalized spacial score (nSPS) is 19.9. The number of carbonyl (C=O) groups is 1. The lowest BCUT2D eigenvalue weighted by Crippen LogP contribution is -2.33. The first-order valence-electron chi connectivity index (χ1n) is 10.8. The van der Waals surface area contributed by atoms with Gasteiger partial charge in [0.15, 0.2) is 0 Å². The first-order chi connectivity index (χ1) is 13.9. The minimum atomic E-state index is 0.0494. The maximum Gasteiger partial charge on any atom is 0.221 e. The smallest absolute Gasteiger partial charge is 0.221 e. The Kier molecular flexibility index (Phi) is 5.74. The molecule has 6 nitrogen and oxygen atoms in total. The molecule has 2 heterocycles. The molecule has 4 rings (SSSR count). The third kappa shape index (κ3) is 4.54. The summed E-state index contributed by atoms with van der Waals surface area (Å²) in [5.74, 6) is 0.0839. The summed E-state index contributed by atoms with van der Waals surface area (Å²) in [4.78, 5) is 17.9. The second-order valence-corrected chi connectivity index (χ2v) is 9.13. The molecule has 0 radical (unpaired) electrons. The maximum atomic E-state index is 12.5. The molecule has 1 atom stereocenters. The van der Waals surface area contributed by atoms with Gasteiger partial charge in [0.1, 0.15) is 0 Å². The number of amides is 1. The number of aromatic nitrogens is 2. The molecule has 1 aromatic heterocycles. The second-order valence-electron chi connectivity index (χ2n) is 9.13. The van der Waals surface area contributed by atoms with Gasteiger partial charge in [-0.3, -0.25) is 9.63 Å². The molecular formula is C23H32N4O2. The molecule has 1 amide bonds. The van der Waals surface area contributed by atoms with Crippen molar-refractivity contribution in [3.8, 4) is 5.69 Å². The summed E-state index contributed by atoms with van der Waals surface area (Å²) < 4.78 is 2.04. The molecular weight excluding hydrogens is 364 g/mol. The molecule has 0 unspecified atom stereocenters. The molecule has 2 aromatic rings. The number of hydroxylamine groups is 2. The van der Waals surface area contributed by atoms with Crippen molar-refractivity contribution in [3.05, 3.63) is 47.3 Å². The van der Waals surface area contributed by atoms with E-state index < -0.39 is 0 Å². The van der Waals surface area contributed by atoms with Crippen LogP contribution < -0.4 is 5.32 Å². The fourth-order valence-electron chi connectivity index (χ4n) is 4.20. The number of hydrogen-bond acceptors (Lipinski definition) is 4. The van der Waals surface area contributed by atoms with E-state index in [0.29, 0.717) is 13.0 Å². The van der Waals surface area contributed by atoms with Crippen molar-refractivity contribution in [2.24, 2.45) is 0 Å². The standard InChI is InChI=1S/C23H32N4O2/c1-23(2,3)17-8-10-18(11-9-17)27-21-7-4-6-20(19(21)16-24-27)25-22(28)12-14-26-13-5-15-29-26/h8-11,16,20H,4-7,12-15H2,1-3H3,(H,25,28)/t20-/m1/s1. The highest BCUT2D eigenvalue weighted by molar-refractivity contribution is 5.76. The first kappa shape index (κ1) is 20.1. The van der Waals surface area contributed by atoms with Crippen molar-refractivity contribution in [1.82, 2.24) is 20.2 Å². The average Bonchev–Trinajstić information content (AvgIpc) is 3.36. The zero-order chi connectivity index (χ0) is 20.4. The predicted octanol–water partition coefficient (Wildman–Crippen LogP) is 3.69. The number of benzene rings is 1. The molecule has 0 bridgehead atoms. The fourth-order valence-corrected chi connectivity index (χ4v) is 4.20. The molecule has 1 aromatic carbocycles. The Morgan fingerprint density at radius 3 is 2.72 bits per heavy atom. The Labute approximate surface area is 173 Å². The van der Waals surface area contributed by atoms with Gasteiger partial charge < -0.3 is 5.32 Å². The predicted molar refractivity (Wildman–Crippen MR) is 113 cm³/mol. The van der Waals surface area contributed by atoms with E-state index in [2.05, 4.69) is 55.5 Å².